The van der Waals surface area contributed by atoms with Crippen LogP contribution in [0.2, 0.25) is 0 Å². The zero-order valence-electron chi connectivity index (χ0n) is 9.94. The summed E-state index contributed by atoms with van der Waals surface area (Å²) in [7, 11) is 1.97. The molecule has 1 aromatic heterocycles. The first-order valence-electron chi connectivity index (χ1n) is 5.51. The Morgan fingerprint density at radius 1 is 1.19 bits per heavy atom. The van der Waals surface area contributed by atoms with Crippen molar-refractivity contribution in [2.75, 3.05) is 5.32 Å². The van der Waals surface area contributed by atoms with E-state index in [0.717, 1.165) is 11.6 Å². The van der Waals surface area contributed by atoms with Crippen molar-refractivity contribution >= 4 is 11.6 Å². The zero-order valence-corrected chi connectivity index (χ0v) is 9.94. The van der Waals surface area contributed by atoms with Crippen molar-refractivity contribution in [3.8, 4) is 0 Å². The van der Waals surface area contributed by atoms with Gasteiger partial charge in [-0.05, 0) is 23.6 Å². The average molecular weight is 215 g/mol. The second-order valence-electron chi connectivity index (χ2n) is 4.26. The normalized spacial score (nSPS) is 10.8. The van der Waals surface area contributed by atoms with Crippen molar-refractivity contribution in [3.05, 3.63) is 42.2 Å². The fraction of sp³-hybridized carbons (Fsp3) is 0.308. The highest BCUT2D eigenvalue weighted by molar-refractivity contribution is 5.54. The molecule has 0 radical (unpaired) electrons. The molecule has 0 aliphatic rings. The number of hydrogen-bond acceptors (Lipinski definition) is 2. The van der Waals surface area contributed by atoms with Gasteiger partial charge in [-0.25, -0.2) is 4.98 Å². The van der Waals surface area contributed by atoms with Gasteiger partial charge in [-0.2, -0.15) is 0 Å². The molecule has 0 aliphatic carbocycles. The molecule has 0 saturated heterocycles. The van der Waals surface area contributed by atoms with Gasteiger partial charge in [0.15, 0.2) is 0 Å². The van der Waals surface area contributed by atoms with E-state index in [9.17, 15) is 0 Å². The van der Waals surface area contributed by atoms with E-state index in [4.69, 9.17) is 0 Å². The largest absolute Gasteiger partial charge is 0.326 e. The molecular formula is C13H17N3. The number of nitrogens with one attached hydrogen (secondary N) is 1. The summed E-state index contributed by atoms with van der Waals surface area (Å²) in [6, 6.07) is 8.47. The molecular weight excluding hydrogens is 198 g/mol. The molecule has 2 aromatic rings. The molecule has 0 aliphatic heterocycles. The smallest absolute Gasteiger partial charge is 0.207 e. The maximum Gasteiger partial charge on any atom is 0.207 e. The number of imidazole rings is 1. The van der Waals surface area contributed by atoms with Gasteiger partial charge in [0.25, 0.3) is 0 Å². The lowest BCUT2D eigenvalue weighted by Gasteiger charge is -2.08. The van der Waals surface area contributed by atoms with Crippen LogP contribution in [0, 0.1) is 0 Å². The lowest BCUT2D eigenvalue weighted by atomic mass is 10.0. The lowest BCUT2D eigenvalue weighted by molar-refractivity contribution is 0.867. The summed E-state index contributed by atoms with van der Waals surface area (Å²) >= 11 is 0. The Bertz CT molecular complexity index is 454. The molecule has 3 nitrogen and oxygen atoms in total. The Morgan fingerprint density at radius 3 is 2.38 bits per heavy atom. The number of aromatic nitrogens is 2. The summed E-state index contributed by atoms with van der Waals surface area (Å²) in [5.74, 6) is 1.43. The van der Waals surface area contributed by atoms with E-state index in [-0.39, 0.29) is 0 Å². The quantitative estimate of drug-likeness (QED) is 0.851. The summed E-state index contributed by atoms with van der Waals surface area (Å²) in [6.07, 6.45) is 3.70. The van der Waals surface area contributed by atoms with E-state index in [0.29, 0.717) is 5.92 Å². The van der Waals surface area contributed by atoms with Crippen molar-refractivity contribution in [2.24, 2.45) is 7.05 Å². The monoisotopic (exact) mass is 215 g/mol. The van der Waals surface area contributed by atoms with E-state index < -0.39 is 0 Å². The molecule has 0 saturated carbocycles. The van der Waals surface area contributed by atoms with Gasteiger partial charge in [-0.15, -0.1) is 0 Å². The van der Waals surface area contributed by atoms with Crippen molar-refractivity contribution in [2.45, 2.75) is 19.8 Å². The second-order valence-corrected chi connectivity index (χ2v) is 4.26. The molecule has 0 spiro atoms. The summed E-state index contributed by atoms with van der Waals surface area (Å²) in [5.41, 5.74) is 2.42. The first-order chi connectivity index (χ1) is 7.66. The van der Waals surface area contributed by atoms with Crippen LogP contribution >= 0.6 is 0 Å². The molecule has 0 fully saturated rings. The van der Waals surface area contributed by atoms with Gasteiger partial charge >= 0.3 is 0 Å². The topological polar surface area (TPSA) is 29.9 Å². The minimum absolute atomic E-state index is 0.571. The van der Waals surface area contributed by atoms with Gasteiger partial charge in [-0.3, -0.25) is 0 Å². The number of rotatable bonds is 3. The highest BCUT2D eigenvalue weighted by atomic mass is 15.2. The van der Waals surface area contributed by atoms with Crippen LogP contribution in [0.5, 0.6) is 0 Å². The van der Waals surface area contributed by atoms with E-state index >= 15 is 0 Å². The Kier molecular flexibility index (Phi) is 2.95. The van der Waals surface area contributed by atoms with Crippen LogP contribution in [-0.2, 0) is 7.05 Å². The molecule has 0 amide bonds. The standard InChI is InChI=1S/C13H17N3/c1-10(2)11-4-6-12(7-5-11)15-13-14-8-9-16(13)3/h4-10H,1-3H3,(H,14,15). The van der Waals surface area contributed by atoms with Crippen LogP contribution in [0.15, 0.2) is 36.7 Å². The van der Waals surface area contributed by atoms with Gasteiger partial charge in [0, 0.05) is 25.1 Å². The molecule has 0 bridgehead atoms. The lowest BCUT2D eigenvalue weighted by Crippen LogP contribution is -1.98. The van der Waals surface area contributed by atoms with Gasteiger partial charge in [0.1, 0.15) is 0 Å². The van der Waals surface area contributed by atoms with E-state index in [1.54, 1.807) is 6.20 Å². The van der Waals surface area contributed by atoms with Crippen molar-refractivity contribution in [1.82, 2.24) is 9.55 Å². The molecule has 1 N–H and O–H groups in total. The highest BCUT2D eigenvalue weighted by Crippen LogP contribution is 2.19. The minimum atomic E-state index is 0.571. The number of aryl methyl sites for hydroxylation is 1. The molecule has 0 atom stereocenters. The van der Waals surface area contributed by atoms with Crippen LogP contribution in [0.1, 0.15) is 25.3 Å². The van der Waals surface area contributed by atoms with Crippen LogP contribution in [0.4, 0.5) is 11.6 Å². The summed E-state index contributed by atoms with van der Waals surface area (Å²) in [4.78, 5) is 4.22. The maximum atomic E-state index is 4.22. The summed E-state index contributed by atoms with van der Waals surface area (Å²) in [5, 5.41) is 3.27. The number of benzene rings is 1. The molecule has 84 valence electrons. The van der Waals surface area contributed by atoms with E-state index in [1.807, 2.05) is 17.8 Å². The fourth-order valence-corrected chi connectivity index (χ4v) is 1.57. The average Bonchev–Trinajstić information content (AvgIpc) is 2.65. The van der Waals surface area contributed by atoms with Gasteiger partial charge in [0.05, 0.1) is 0 Å². The number of anilines is 2. The van der Waals surface area contributed by atoms with Gasteiger partial charge < -0.3 is 9.88 Å². The van der Waals surface area contributed by atoms with Crippen molar-refractivity contribution in [3.63, 3.8) is 0 Å². The Balaban J connectivity index is 2.14. The van der Waals surface area contributed by atoms with Crippen LogP contribution in [-0.4, -0.2) is 9.55 Å². The van der Waals surface area contributed by atoms with Crippen molar-refractivity contribution in [1.29, 1.82) is 0 Å². The highest BCUT2D eigenvalue weighted by Gasteiger charge is 2.01. The SMILES string of the molecule is CC(C)c1ccc(Nc2nccn2C)cc1. The molecule has 1 heterocycles. The van der Waals surface area contributed by atoms with Crippen LogP contribution < -0.4 is 5.32 Å². The predicted molar refractivity (Wildman–Crippen MR) is 67.0 cm³/mol. The van der Waals surface area contributed by atoms with Crippen molar-refractivity contribution < 1.29 is 0 Å². The number of hydrogen-bond donors (Lipinski definition) is 1. The third-order valence-corrected chi connectivity index (χ3v) is 2.65. The molecule has 3 heteroatoms. The Morgan fingerprint density at radius 2 is 1.88 bits per heavy atom. The van der Waals surface area contributed by atoms with Gasteiger partial charge in [0.2, 0.25) is 5.95 Å². The maximum absolute atomic E-state index is 4.22. The molecule has 1 aromatic carbocycles. The third kappa shape index (κ3) is 2.24. The first-order valence-corrected chi connectivity index (χ1v) is 5.51. The summed E-state index contributed by atoms with van der Waals surface area (Å²) < 4.78 is 1.95. The van der Waals surface area contributed by atoms with E-state index in [2.05, 4.69) is 48.4 Å². The molecule has 0 unspecified atom stereocenters. The zero-order chi connectivity index (χ0) is 11.5. The third-order valence-electron chi connectivity index (χ3n) is 2.65. The fourth-order valence-electron chi connectivity index (χ4n) is 1.57. The van der Waals surface area contributed by atoms with Gasteiger partial charge in [-0.1, -0.05) is 26.0 Å². The minimum Gasteiger partial charge on any atom is -0.326 e. The summed E-state index contributed by atoms with van der Waals surface area (Å²) in [6.45, 7) is 4.39. The molecule has 16 heavy (non-hydrogen) atoms. The Labute approximate surface area is 96.1 Å². The number of nitrogens with zero attached hydrogens (tertiary/aromatic N) is 2. The van der Waals surface area contributed by atoms with E-state index in [1.165, 1.54) is 5.56 Å². The second kappa shape index (κ2) is 4.39. The molecule has 2 rings (SSSR count). The Hall–Kier alpha value is -1.77. The van der Waals surface area contributed by atoms with Crippen LogP contribution in [0.3, 0.4) is 0 Å². The van der Waals surface area contributed by atoms with Crippen LogP contribution in [0.25, 0.3) is 0 Å². The predicted octanol–water partition coefficient (Wildman–Crippen LogP) is 3.29. The first kappa shape index (κ1) is 10.7.